The summed E-state index contributed by atoms with van der Waals surface area (Å²) in [5.41, 5.74) is 0.359. The number of aromatic nitrogens is 2. The van der Waals surface area contributed by atoms with Gasteiger partial charge in [-0.1, -0.05) is 13.8 Å². The first-order valence-corrected chi connectivity index (χ1v) is 5.84. The molecule has 0 radical (unpaired) electrons. The Hall–Kier alpha value is -0.640. The highest BCUT2D eigenvalue weighted by atomic mass is 32.1. The summed E-state index contributed by atoms with van der Waals surface area (Å²) in [6, 6.07) is 0.357. The van der Waals surface area contributed by atoms with Crippen molar-refractivity contribution >= 4 is 11.5 Å². The van der Waals surface area contributed by atoms with Crippen molar-refractivity contribution in [3.05, 3.63) is 10.6 Å². The molecule has 2 rings (SSSR count). The maximum Gasteiger partial charge on any atom is 0.204 e. The maximum absolute atomic E-state index is 4.58. The molecule has 0 saturated carbocycles. The number of hydrogen-bond donors (Lipinski definition) is 0. The predicted octanol–water partition coefficient (Wildman–Crippen LogP) is 1.84. The molecule has 0 aromatic carbocycles. The number of hydrogen-bond acceptors (Lipinski definition) is 3. The van der Waals surface area contributed by atoms with Gasteiger partial charge in [0.1, 0.15) is 5.82 Å². The van der Waals surface area contributed by atoms with Crippen molar-refractivity contribution in [3.8, 4) is 0 Å². The predicted molar refractivity (Wildman–Crippen MR) is 58.3 cm³/mol. The summed E-state index contributed by atoms with van der Waals surface area (Å²) < 4.78 is 6.72. The lowest BCUT2D eigenvalue weighted by atomic mass is 9.92. The standard InChI is InChI=1S/C10H17N3S/c1-7(2)11-9-13-6-10(3,4)5-8(13)12-14-9/h7H,5-6H2,1-4H3/b11-9+. The van der Waals surface area contributed by atoms with Crippen LogP contribution in [0.4, 0.5) is 0 Å². The van der Waals surface area contributed by atoms with E-state index in [1.165, 1.54) is 17.4 Å². The Morgan fingerprint density at radius 2 is 2.21 bits per heavy atom. The molecule has 2 heterocycles. The zero-order valence-electron chi connectivity index (χ0n) is 9.24. The molecule has 0 fully saturated rings. The molecule has 1 aromatic rings. The first-order valence-electron chi connectivity index (χ1n) is 5.07. The summed E-state index contributed by atoms with van der Waals surface area (Å²) in [6.07, 6.45) is 1.08. The second-order valence-electron chi connectivity index (χ2n) is 5.03. The van der Waals surface area contributed by atoms with Crippen molar-refractivity contribution < 1.29 is 0 Å². The molecule has 4 heteroatoms. The van der Waals surface area contributed by atoms with Gasteiger partial charge in [0.2, 0.25) is 4.80 Å². The van der Waals surface area contributed by atoms with Crippen molar-refractivity contribution in [3.63, 3.8) is 0 Å². The lowest BCUT2D eigenvalue weighted by Gasteiger charge is -2.14. The molecule has 0 aliphatic carbocycles. The zero-order valence-corrected chi connectivity index (χ0v) is 10.1. The van der Waals surface area contributed by atoms with Gasteiger partial charge in [0, 0.05) is 30.5 Å². The van der Waals surface area contributed by atoms with Crippen LogP contribution < -0.4 is 4.80 Å². The molecule has 0 saturated heterocycles. The summed E-state index contributed by atoms with van der Waals surface area (Å²) in [7, 11) is 0. The molecule has 14 heavy (non-hydrogen) atoms. The van der Waals surface area contributed by atoms with E-state index >= 15 is 0 Å². The quantitative estimate of drug-likeness (QED) is 0.697. The molecule has 0 amide bonds. The van der Waals surface area contributed by atoms with E-state index in [0.717, 1.165) is 17.8 Å². The van der Waals surface area contributed by atoms with E-state index in [1.54, 1.807) is 0 Å². The summed E-state index contributed by atoms with van der Waals surface area (Å²) in [5.74, 6) is 1.21. The van der Waals surface area contributed by atoms with Crippen LogP contribution >= 0.6 is 11.5 Å². The molecule has 0 unspecified atom stereocenters. The van der Waals surface area contributed by atoms with Gasteiger partial charge in [-0.15, -0.1) is 0 Å². The largest absolute Gasteiger partial charge is 0.304 e. The Balaban J connectivity index is 2.42. The van der Waals surface area contributed by atoms with E-state index in [0.29, 0.717) is 11.5 Å². The Kier molecular flexibility index (Phi) is 2.26. The van der Waals surface area contributed by atoms with Gasteiger partial charge in [0.15, 0.2) is 0 Å². The number of rotatable bonds is 1. The Labute approximate surface area is 88.7 Å². The molecular formula is C10H17N3S. The minimum Gasteiger partial charge on any atom is -0.304 e. The summed E-state index contributed by atoms with van der Waals surface area (Å²) in [4.78, 5) is 5.66. The fourth-order valence-corrected chi connectivity index (χ4v) is 2.69. The molecule has 78 valence electrons. The molecule has 3 nitrogen and oxygen atoms in total. The Bertz CT molecular complexity index is 398. The van der Waals surface area contributed by atoms with Crippen LogP contribution in [0.3, 0.4) is 0 Å². The summed E-state index contributed by atoms with van der Waals surface area (Å²) in [5, 5.41) is 0. The van der Waals surface area contributed by atoms with Gasteiger partial charge in [-0.3, -0.25) is 4.99 Å². The molecule has 1 aliphatic rings. The Morgan fingerprint density at radius 3 is 2.86 bits per heavy atom. The first kappa shape index (κ1) is 9.90. The van der Waals surface area contributed by atoms with Crippen molar-refractivity contribution in [1.29, 1.82) is 0 Å². The summed E-state index contributed by atoms with van der Waals surface area (Å²) >= 11 is 1.53. The molecule has 0 atom stereocenters. The van der Waals surface area contributed by atoms with Gasteiger partial charge in [-0.05, 0) is 19.3 Å². The lowest BCUT2D eigenvalue weighted by molar-refractivity contribution is 0.356. The number of fused-ring (bicyclic) bond motifs is 1. The highest BCUT2D eigenvalue weighted by molar-refractivity contribution is 7.02. The van der Waals surface area contributed by atoms with Gasteiger partial charge >= 0.3 is 0 Å². The maximum atomic E-state index is 4.58. The second kappa shape index (κ2) is 3.19. The van der Waals surface area contributed by atoms with Crippen LogP contribution in [0, 0.1) is 5.41 Å². The third-order valence-corrected chi connectivity index (χ3v) is 3.16. The minimum atomic E-state index is 0.357. The van der Waals surface area contributed by atoms with Crippen LogP contribution in [0.5, 0.6) is 0 Å². The van der Waals surface area contributed by atoms with Crippen LogP contribution in [0.25, 0.3) is 0 Å². The van der Waals surface area contributed by atoms with Crippen LogP contribution in [0.15, 0.2) is 4.99 Å². The zero-order chi connectivity index (χ0) is 10.3. The smallest absolute Gasteiger partial charge is 0.204 e. The van der Waals surface area contributed by atoms with Gasteiger partial charge in [-0.2, -0.15) is 4.37 Å². The van der Waals surface area contributed by atoms with Crippen molar-refractivity contribution in [1.82, 2.24) is 8.94 Å². The molecule has 1 aromatic heterocycles. The Morgan fingerprint density at radius 1 is 1.50 bits per heavy atom. The van der Waals surface area contributed by atoms with E-state index < -0.39 is 0 Å². The first-order chi connectivity index (χ1) is 6.48. The lowest BCUT2D eigenvalue weighted by Crippen LogP contribution is -2.20. The normalized spacial score (nSPS) is 20.5. The molecular weight excluding hydrogens is 194 g/mol. The fourth-order valence-electron chi connectivity index (χ4n) is 1.82. The molecule has 1 aliphatic heterocycles. The van der Waals surface area contributed by atoms with Crippen molar-refractivity contribution in [2.75, 3.05) is 0 Å². The fraction of sp³-hybridized carbons (Fsp3) is 0.800. The highest BCUT2D eigenvalue weighted by Gasteiger charge is 2.30. The minimum absolute atomic E-state index is 0.357. The summed E-state index contributed by atoms with van der Waals surface area (Å²) in [6.45, 7) is 9.83. The SMILES string of the molecule is CC(C)/N=c1/snc2n1CC(C)(C)C2. The van der Waals surface area contributed by atoms with Gasteiger partial charge < -0.3 is 4.57 Å². The van der Waals surface area contributed by atoms with Crippen LogP contribution in [0.1, 0.15) is 33.5 Å². The van der Waals surface area contributed by atoms with E-state index in [1.807, 2.05) is 0 Å². The van der Waals surface area contributed by atoms with Crippen molar-refractivity contribution in [2.24, 2.45) is 10.4 Å². The third-order valence-electron chi connectivity index (χ3n) is 2.37. The average Bonchev–Trinajstić information content (AvgIpc) is 2.47. The third kappa shape index (κ3) is 1.75. The monoisotopic (exact) mass is 211 g/mol. The van der Waals surface area contributed by atoms with E-state index in [2.05, 4.69) is 41.6 Å². The molecule has 0 bridgehead atoms. The number of nitrogens with zero attached hydrogens (tertiary/aromatic N) is 3. The second-order valence-corrected chi connectivity index (χ2v) is 5.76. The van der Waals surface area contributed by atoms with Crippen LogP contribution in [0.2, 0.25) is 0 Å². The van der Waals surface area contributed by atoms with E-state index in [-0.39, 0.29) is 0 Å². The van der Waals surface area contributed by atoms with Gasteiger partial charge in [0.05, 0.1) is 0 Å². The average molecular weight is 211 g/mol. The van der Waals surface area contributed by atoms with Crippen LogP contribution in [-0.4, -0.2) is 15.0 Å². The highest BCUT2D eigenvalue weighted by Crippen LogP contribution is 2.29. The van der Waals surface area contributed by atoms with Crippen LogP contribution in [-0.2, 0) is 13.0 Å². The van der Waals surface area contributed by atoms with E-state index in [4.69, 9.17) is 0 Å². The molecule has 0 N–H and O–H groups in total. The van der Waals surface area contributed by atoms with Gasteiger partial charge in [-0.25, -0.2) is 0 Å². The van der Waals surface area contributed by atoms with Crippen molar-refractivity contribution in [2.45, 2.75) is 46.7 Å². The molecule has 0 spiro atoms. The topological polar surface area (TPSA) is 30.2 Å². The van der Waals surface area contributed by atoms with E-state index in [9.17, 15) is 0 Å². The van der Waals surface area contributed by atoms with Gasteiger partial charge in [0.25, 0.3) is 0 Å².